The second-order valence-corrected chi connectivity index (χ2v) is 5.64. The smallest absolute Gasteiger partial charge is 0.143 e. The molecule has 0 fully saturated rings. The third kappa shape index (κ3) is 2.36. The highest BCUT2D eigenvalue weighted by molar-refractivity contribution is 6.31. The molecule has 0 aromatic heterocycles. The summed E-state index contributed by atoms with van der Waals surface area (Å²) in [5.74, 6) is 0.796. The highest BCUT2D eigenvalue weighted by Crippen LogP contribution is 2.38. The Hall–Kier alpha value is -1.67. The van der Waals surface area contributed by atoms with Crippen LogP contribution in [0.25, 0.3) is 0 Å². The Morgan fingerprint density at radius 2 is 2.05 bits per heavy atom. The topological polar surface area (TPSA) is 21.3 Å². The van der Waals surface area contributed by atoms with Gasteiger partial charge in [0.2, 0.25) is 0 Å². The zero-order valence-corrected chi connectivity index (χ0v) is 12.5. The molecule has 0 heterocycles. The Labute approximate surface area is 124 Å². The van der Waals surface area contributed by atoms with Gasteiger partial charge in [0.1, 0.15) is 5.75 Å². The van der Waals surface area contributed by atoms with Crippen molar-refractivity contribution in [1.29, 1.82) is 0 Å². The minimum absolute atomic E-state index is 0.348. The van der Waals surface area contributed by atoms with Gasteiger partial charge in [-0.15, -0.1) is 0 Å². The maximum atomic E-state index is 6.15. The summed E-state index contributed by atoms with van der Waals surface area (Å²) in [6, 6.07) is 12.9. The number of hydrogen-bond acceptors (Lipinski definition) is 2. The number of halogens is 1. The zero-order valence-electron chi connectivity index (χ0n) is 11.7. The molecule has 2 aromatic carbocycles. The van der Waals surface area contributed by atoms with E-state index >= 15 is 0 Å². The fourth-order valence-corrected chi connectivity index (χ4v) is 2.99. The predicted molar refractivity (Wildman–Crippen MR) is 83.9 cm³/mol. The molecule has 104 valence electrons. The lowest BCUT2D eigenvalue weighted by molar-refractivity contribution is 0.416. The quantitative estimate of drug-likeness (QED) is 0.879. The summed E-state index contributed by atoms with van der Waals surface area (Å²) >= 11 is 6.15. The Morgan fingerprint density at radius 1 is 1.25 bits per heavy atom. The second-order valence-electron chi connectivity index (χ2n) is 5.24. The first kappa shape index (κ1) is 13.3. The molecule has 3 rings (SSSR count). The van der Waals surface area contributed by atoms with Crippen LogP contribution in [0.3, 0.4) is 0 Å². The van der Waals surface area contributed by atoms with Crippen molar-refractivity contribution in [3.8, 4) is 5.75 Å². The maximum Gasteiger partial charge on any atom is 0.143 e. The Bertz CT molecular complexity index is 639. The molecule has 1 atom stereocenters. The van der Waals surface area contributed by atoms with Crippen molar-refractivity contribution < 1.29 is 4.74 Å². The summed E-state index contributed by atoms with van der Waals surface area (Å²) in [5, 5.41) is 4.34. The lowest BCUT2D eigenvalue weighted by Gasteiger charge is -2.19. The van der Waals surface area contributed by atoms with Crippen molar-refractivity contribution in [2.24, 2.45) is 0 Å². The van der Waals surface area contributed by atoms with Gasteiger partial charge in [0.25, 0.3) is 0 Å². The van der Waals surface area contributed by atoms with Crippen LogP contribution in [0.1, 0.15) is 29.2 Å². The van der Waals surface area contributed by atoms with Gasteiger partial charge in [0.05, 0.1) is 18.8 Å². The molecule has 0 saturated heterocycles. The molecule has 2 nitrogen and oxygen atoms in total. The minimum atomic E-state index is 0.348. The molecule has 1 aliphatic rings. The third-order valence-corrected chi connectivity index (χ3v) is 4.35. The standard InChI is InChI=1S/C17H18ClNO/c1-11-9-16(17(20-2)10-14(11)18)19-15-8-7-12-5-3-4-6-13(12)15/h3-6,9-10,15,19H,7-8H2,1-2H3. The third-order valence-electron chi connectivity index (χ3n) is 3.94. The maximum absolute atomic E-state index is 6.15. The average molecular weight is 288 g/mol. The molecule has 1 N–H and O–H groups in total. The van der Waals surface area contributed by atoms with Gasteiger partial charge in [-0.3, -0.25) is 0 Å². The van der Waals surface area contributed by atoms with Crippen molar-refractivity contribution in [2.75, 3.05) is 12.4 Å². The van der Waals surface area contributed by atoms with E-state index in [2.05, 4.69) is 35.6 Å². The van der Waals surface area contributed by atoms with Crippen LogP contribution in [0.2, 0.25) is 5.02 Å². The summed E-state index contributed by atoms with van der Waals surface area (Å²) in [5.41, 5.74) is 4.90. The molecule has 20 heavy (non-hydrogen) atoms. The van der Waals surface area contributed by atoms with E-state index in [0.29, 0.717) is 6.04 Å². The SMILES string of the molecule is COc1cc(Cl)c(C)cc1NC1CCc2ccccc21. The molecule has 1 unspecified atom stereocenters. The van der Waals surface area contributed by atoms with Crippen LogP contribution in [0.5, 0.6) is 5.75 Å². The van der Waals surface area contributed by atoms with E-state index in [1.54, 1.807) is 7.11 Å². The monoisotopic (exact) mass is 287 g/mol. The van der Waals surface area contributed by atoms with E-state index in [1.165, 1.54) is 11.1 Å². The number of rotatable bonds is 3. The van der Waals surface area contributed by atoms with Crippen LogP contribution in [-0.2, 0) is 6.42 Å². The molecule has 0 saturated carbocycles. The Balaban J connectivity index is 1.91. The van der Waals surface area contributed by atoms with E-state index in [1.807, 2.05) is 13.0 Å². The molecule has 0 amide bonds. The van der Waals surface area contributed by atoms with E-state index in [9.17, 15) is 0 Å². The molecule has 0 spiro atoms. The lowest BCUT2D eigenvalue weighted by Crippen LogP contribution is -2.08. The van der Waals surface area contributed by atoms with Crippen molar-refractivity contribution in [1.82, 2.24) is 0 Å². The molecular formula is C17H18ClNO. The fraction of sp³-hybridized carbons (Fsp3) is 0.294. The molecule has 1 aliphatic carbocycles. The van der Waals surface area contributed by atoms with Gasteiger partial charge < -0.3 is 10.1 Å². The second kappa shape index (κ2) is 5.37. The number of aryl methyl sites for hydroxylation is 2. The van der Waals surface area contributed by atoms with Crippen molar-refractivity contribution in [3.63, 3.8) is 0 Å². The fourth-order valence-electron chi connectivity index (χ4n) is 2.84. The largest absolute Gasteiger partial charge is 0.495 e. The van der Waals surface area contributed by atoms with Gasteiger partial charge >= 0.3 is 0 Å². The number of methoxy groups -OCH3 is 1. The van der Waals surface area contributed by atoms with Crippen molar-refractivity contribution >= 4 is 17.3 Å². The van der Waals surface area contributed by atoms with Gasteiger partial charge in [-0.05, 0) is 42.5 Å². The summed E-state index contributed by atoms with van der Waals surface area (Å²) in [6.07, 6.45) is 2.24. The Morgan fingerprint density at radius 3 is 2.85 bits per heavy atom. The molecular weight excluding hydrogens is 270 g/mol. The van der Waals surface area contributed by atoms with Crippen LogP contribution >= 0.6 is 11.6 Å². The predicted octanol–water partition coefficient (Wildman–Crippen LogP) is 4.76. The number of anilines is 1. The molecule has 0 bridgehead atoms. The summed E-state index contributed by atoms with van der Waals surface area (Å²) in [6.45, 7) is 2.01. The van der Waals surface area contributed by atoms with E-state index in [4.69, 9.17) is 16.3 Å². The van der Waals surface area contributed by atoms with Crippen molar-refractivity contribution in [3.05, 3.63) is 58.1 Å². The first-order chi connectivity index (χ1) is 9.69. The zero-order chi connectivity index (χ0) is 14.1. The van der Waals surface area contributed by atoms with Crippen LogP contribution in [0.15, 0.2) is 36.4 Å². The summed E-state index contributed by atoms with van der Waals surface area (Å²) in [7, 11) is 1.68. The van der Waals surface area contributed by atoms with Crippen molar-refractivity contribution in [2.45, 2.75) is 25.8 Å². The van der Waals surface area contributed by atoms with Gasteiger partial charge in [-0.1, -0.05) is 35.9 Å². The summed E-state index contributed by atoms with van der Waals surface area (Å²) in [4.78, 5) is 0. The van der Waals surface area contributed by atoms with Crippen LogP contribution in [0.4, 0.5) is 5.69 Å². The van der Waals surface area contributed by atoms with E-state index in [0.717, 1.165) is 34.9 Å². The normalized spacial score (nSPS) is 16.9. The average Bonchev–Trinajstić information content (AvgIpc) is 2.86. The lowest BCUT2D eigenvalue weighted by atomic mass is 10.1. The van der Waals surface area contributed by atoms with Gasteiger partial charge in [0.15, 0.2) is 0 Å². The molecule has 0 aliphatic heterocycles. The number of nitrogens with one attached hydrogen (secondary N) is 1. The van der Waals surface area contributed by atoms with Gasteiger partial charge in [0, 0.05) is 11.1 Å². The first-order valence-corrected chi connectivity index (χ1v) is 7.25. The van der Waals surface area contributed by atoms with Gasteiger partial charge in [-0.25, -0.2) is 0 Å². The molecule has 3 heteroatoms. The van der Waals surface area contributed by atoms with Gasteiger partial charge in [-0.2, -0.15) is 0 Å². The minimum Gasteiger partial charge on any atom is -0.495 e. The number of fused-ring (bicyclic) bond motifs is 1. The van der Waals surface area contributed by atoms with Crippen LogP contribution in [0, 0.1) is 6.92 Å². The number of benzene rings is 2. The highest BCUT2D eigenvalue weighted by atomic mass is 35.5. The number of hydrogen-bond donors (Lipinski definition) is 1. The van der Waals surface area contributed by atoms with Crippen LogP contribution in [-0.4, -0.2) is 7.11 Å². The first-order valence-electron chi connectivity index (χ1n) is 6.87. The van der Waals surface area contributed by atoms with Crippen LogP contribution < -0.4 is 10.1 Å². The summed E-state index contributed by atoms with van der Waals surface area (Å²) < 4.78 is 5.43. The van der Waals surface area contributed by atoms with E-state index < -0.39 is 0 Å². The molecule has 2 aromatic rings. The molecule has 0 radical (unpaired) electrons. The Kier molecular flexibility index (Phi) is 3.58. The van der Waals surface area contributed by atoms with E-state index in [-0.39, 0.29) is 0 Å². The highest BCUT2D eigenvalue weighted by Gasteiger charge is 2.22. The number of ether oxygens (including phenoxy) is 1.